The van der Waals surface area contributed by atoms with Crippen LogP contribution in [0.2, 0.25) is 0 Å². The number of ether oxygens (including phenoxy) is 1. The lowest BCUT2D eigenvalue weighted by atomic mass is 10.2. The predicted octanol–water partition coefficient (Wildman–Crippen LogP) is 3.19. The van der Waals surface area contributed by atoms with Gasteiger partial charge in [-0.15, -0.1) is 0 Å². The van der Waals surface area contributed by atoms with E-state index in [1.807, 2.05) is 24.3 Å². The van der Waals surface area contributed by atoms with Crippen molar-refractivity contribution < 1.29 is 13.9 Å². The van der Waals surface area contributed by atoms with Crippen LogP contribution < -0.4 is 15.0 Å². The molecule has 0 bridgehead atoms. The number of hydrogen-bond donors (Lipinski definition) is 1. The van der Waals surface area contributed by atoms with Crippen molar-refractivity contribution in [3.63, 3.8) is 0 Å². The summed E-state index contributed by atoms with van der Waals surface area (Å²) in [6.07, 6.45) is 0. The molecule has 5 nitrogen and oxygen atoms in total. The molecule has 0 aromatic heterocycles. The Hall–Kier alpha value is -2.76. The lowest BCUT2D eigenvalue weighted by Gasteiger charge is -2.36. The van der Waals surface area contributed by atoms with Gasteiger partial charge in [-0.05, 0) is 24.3 Å². The zero-order chi connectivity index (χ0) is 16.9. The van der Waals surface area contributed by atoms with Gasteiger partial charge in [-0.1, -0.05) is 24.3 Å². The fourth-order valence-corrected chi connectivity index (χ4v) is 2.80. The van der Waals surface area contributed by atoms with Gasteiger partial charge in [-0.3, -0.25) is 0 Å². The van der Waals surface area contributed by atoms with Crippen molar-refractivity contribution in [2.24, 2.45) is 0 Å². The van der Waals surface area contributed by atoms with Gasteiger partial charge >= 0.3 is 6.03 Å². The molecule has 1 heterocycles. The number of halogens is 1. The van der Waals surface area contributed by atoms with Gasteiger partial charge in [0.2, 0.25) is 0 Å². The highest BCUT2D eigenvalue weighted by atomic mass is 19.1. The first kappa shape index (κ1) is 16.1. The maximum Gasteiger partial charge on any atom is 0.322 e. The van der Waals surface area contributed by atoms with Gasteiger partial charge < -0.3 is 19.9 Å². The number of urea groups is 1. The standard InChI is InChI=1S/C18H20FN3O2/c1-24-17-9-5-4-8-16(17)21-10-12-22(13-11-21)18(23)20-15-7-3-2-6-14(15)19/h2-9H,10-13H2,1H3,(H,20,23). The molecule has 1 saturated heterocycles. The number of amides is 2. The van der Waals surface area contributed by atoms with Gasteiger partial charge in [-0.25, -0.2) is 9.18 Å². The van der Waals surface area contributed by atoms with E-state index in [2.05, 4.69) is 10.2 Å². The van der Waals surface area contributed by atoms with E-state index in [4.69, 9.17) is 4.74 Å². The minimum Gasteiger partial charge on any atom is -0.495 e. The highest BCUT2D eigenvalue weighted by molar-refractivity contribution is 5.89. The number of benzene rings is 2. The third-order valence-electron chi connectivity index (χ3n) is 4.11. The molecule has 6 heteroatoms. The van der Waals surface area contributed by atoms with E-state index >= 15 is 0 Å². The molecule has 0 unspecified atom stereocenters. The van der Waals surface area contributed by atoms with Crippen LogP contribution in [0.1, 0.15) is 0 Å². The van der Waals surface area contributed by atoms with Crippen molar-refractivity contribution in [1.29, 1.82) is 0 Å². The van der Waals surface area contributed by atoms with Crippen LogP contribution in [0, 0.1) is 5.82 Å². The Labute approximate surface area is 140 Å². The number of methoxy groups -OCH3 is 1. The summed E-state index contributed by atoms with van der Waals surface area (Å²) in [4.78, 5) is 16.2. The predicted molar refractivity (Wildman–Crippen MR) is 92.2 cm³/mol. The zero-order valence-electron chi connectivity index (χ0n) is 13.5. The molecule has 0 atom stereocenters. The second-order valence-electron chi connectivity index (χ2n) is 5.56. The van der Waals surface area contributed by atoms with Crippen LogP contribution in [-0.2, 0) is 0 Å². The van der Waals surface area contributed by atoms with Gasteiger partial charge in [0, 0.05) is 26.2 Å². The van der Waals surface area contributed by atoms with E-state index in [0.29, 0.717) is 26.2 Å². The van der Waals surface area contributed by atoms with E-state index in [-0.39, 0.29) is 11.7 Å². The number of nitrogens with zero attached hydrogens (tertiary/aromatic N) is 2. The molecule has 1 aliphatic rings. The molecule has 2 aromatic rings. The van der Waals surface area contributed by atoms with E-state index in [9.17, 15) is 9.18 Å². The first-order valence-electron chi connectivity index (χ1n) is 7.87. The number of anilines is 2. The number of nitrogens with one attached hydrogen (secondary N) is 1. The summed E-state index contributed by atoms with van der Waals surface area (Å²) in [5, 5.41) is 2.63. The quantitative estimate of drug-likeness (QED) is 0.940. The maximum atomic E-state index is 13.6. The van der Waals surface area contributed by atoms with E-state index < -0.39 is 5.82 Å². The lowest BCUT2D eigenvalue weighted by Crippen LogP contribution is -2.50. The highest BCUT2D eigenvalue weighted by Crippen LogP contribution is 2.28. The van der Waals surface area contributed by atoms with Crippen LogP contribution in [0.15, 0.2) is 48.5 Å². The van der Waals surface area contributed by atoms with Crippen LogP contribution in [0.4, 0.5) is 20.6 Å². The molecule has 24 heavy (non-hydrogen) atoms. The first-order valence-corrected chi connectivity index (χ1v) is 7.87. The summed E-state index contributed by atoms with van der Waals surface area (Å²) in [5.41, 5.74) is 1.23. The van der Waals surface area contributed by atoms with Crippen LogP contribution in [-0.4, -0.2) is 44.2 Å². The Balaban J connectivity index is 1.61. The second kappa shape index (κ2) is 7.21. The molecule has 2 aromatic carbocycles. The van der Waals surface area contributed by atoms with Crippen molar-refractivity contribution in [2.45, 2.75) is 0 Å². The minimum atomic E-state index is -0.432. The Kier molecular flexibility index (Phi) is 4.84. The van der Waals surface area contributed by atoms with Crippen molar-refractivity contribution in [3.05, 3.63) is 54.3 Å². The van der Waals surface area contributed by atoms with Crippen LogP contribution in [0.25, 0.3) is 0 Å². The molecule has 1 N–H and O–H groups in total. The third kappa shape index (κ3) is 3.42. The highest BCUT2D eigenvalue weighted by Gasteiger charge is 2.23. The Morgan fingerprint density at radius 2 is 1.71 bits per heavy atom. The normalized spacial score (nSPS) is 14.4. The van der Waals surface area contributed by atoms with Gasteiger partial charge in [0.25, 0.3) is 0 Å². The van der Waals surface area contributed by atoms with Gasteiger partial charge in [-0.2, -0.15) is 0 Å². The average molecular weight is 329 g/mol. The topological polar surface area (TPSA) is 44.8 Å². The second-order valence-corrected chi connectivity index (χ2v) is 5.56. The molecule has 2 amide bonds. The lowest BCUT2D eigenvalue weighted by molar-refractivity contribution is 0.208. The molecule has 0 aliphatic carbocycles. The Morgan fingerprint density at radius 1 is 1.04 bits per heavy atom. The smallest absolute Gasteiger partial charge is 0.322 e. The summed E-state index contributed by atoms with van der Waals surface area (Å²) in [5.74, 6) is 0.389. The van der Waals surface area contributed by atoms with E-state index in [1.165, 1.54) is 6.07 Å². The van der Waals surface area contributed by atoms with Crippen molar-refractivity contribution in [3.8, 4) is 5.75 Å². The fourth-order valence-electron chi connectivity index (χ4n) is 2.80. The largest absolute Gasteiger partial charge is 0.495 e. The number of rotatable bonds is 3. The molecule has 0 saturated carbocycles. The van der Waals surface area contributed by atoms with Crippen molar-refractivity contribution in [1.82, 2.24) is 4.90 Å². The molecule has 126 valence electrons. The maximum absolute atomic E-state index is 13.6. The van der Waals surface area contributed by atoms with Crippen LogP contribution in [0.5, 0.6) is 5.75 Å². The minimum absolute atomic E-state index is 0.203. The number of piperazine rings is 1. The first-order chi connectivity index (χ1) is 11.7. The molecule has 0 spiro atoms. The van der Waals surface area contributed by atoms with Gasteiger partial charge in [0.1, 0.15) is 11.6 Å². The summed E-state index contributed by atoms with van der Waals surface area (Å²) < 4.78 is 19.0. The molecule has 0 radical (unpaired) electrons. The number of carbonyl (C=O) groups is 1. The summed E-state index contributed by atoms with van der Waals surface area (Å²) in [6, 6.07) is 13.7. The number of hydrogen-bond acceptors (Lipinski definition) is 3. The third-order valence-corrected chi connectivity index (χ3v) is 4.11. The fraction of sp³-hybridized carbons (Fsp3) is 0.278. The van der Waals surface area contributed by atoms with E-state index in [0.717, 1.165) is 11.4 Å². The molecule has 3 rings (SSSR count). The van der Waals surface area contributed by atoms with Crippen LogP contribution in [0.3, 0.4) is 0 Å². The van der Waals surface area contributed by atoms with Crippen molar-refractivity contribution >= 4 is 17.4 Å². The van der Waals surface area contributed by atoms with Crippen LogP contribution >= 0.6 is 0 Å². The molecule has 1 fully saturated rings. The Bertz CT molecular complexity index is 715. The average Bonchev–Trinajstić information content (AvgIpc) is 2.63. The van der Waals surface area contributed by atoms with Crippen molar-refractivity contribution in [2.75, 3.05) is 43.5 Å². The summed E-state index contributed by atoms with van der Waals surface area (Å²) >= 11 is 0. The summed E-state index contributed by atoms with van der Waals surface area (Å²) in [6.45, 7) is 2.53. The van der Waals surface area contributed by atoms with Gasteiger partial charge in [0.15, 0.2) is 0 Å². The zero-order valence-corrected chi connectivity index (χ0v) is 13.5. The van der Waals surface area contributed by atoms with E-state index in [1.54, 1.807) is 30.2 Å². The SMILES string of the molecule is COc1ccccc1N1CCN(C(=O)Nc2ccccc2F)CC1. The summed E-state index contributed by atoms with van der Waals surface area (Å²) in [7, 11) is 1.65. The monoisotopic (exact) mass is 329 g/mol. The Morgan fingerprint density at radius 3 is 2.42 bits per heavy atom. The molecule has 1 aliphatic heterocycles. The molecular weight excluding hydrogens is 309 g/mol. The van der Waals surface area contributed by atoms with Gasteiger partial charge in [0.05, 0.1) is 18.5 Å². The number of carbonyl (C=O) groups excluding carboxylic acids is 1. The number of para-hydroxylation sites is 3. The molecular formula is C18H20FN3O2.